The highest BCUT2D eigenvalue weighted by Crippen LogP contribution is 2.32. The maximum absolute atomic E-state index is 4.60. The van der Waals surface area contributed by atoms with Gasteiger partial charge in [-0.15, -0.1) is 0 Å². The van der Waals surface area contributed by atoms with Crippen LogP contribution < -0.4 is 5.32 Å². The molecule has 0 saturated carbocycles. The van der Waals surface area contributed by atoms with Crippen LogP contribution in [0, 0.1) is 13.8 Å². The Bertz CT molecular complexity index is 549. The number of nitrogens with one attached hydrogen (secondary N) is 2. The first kappa shape index (κ1) is 12.3. The molecule has 1 aliphatic rings. The Labute approximate surface area is 112 Å². The first-order valence-electron chi connectivity index (χ1n) is 6.81. The number of piperidine rings is 1. The molecule has 1 saturated heterocycles. The van der Waals surface area contributed by atoms with Crippen LogP contribution in [-0.2, 0) is 0 Å². The molecule has 0 aromatic carbocycles. The minimum Gasteiger partial charge on any atom is -0.316 e. The van der Waals surface area contributed by atoms with E-state index in [1.807, 2.05) is 13.8 Å². The fourth-order valence-corrected chi connectivity index (χ4v) is 2.83. The molecule has 2 aromatic heterocycles. The van der Waals surface area contributed by atoms with Crippen molar-refractivity contribution in [2.75, 3.05) is 13.1 Å². The number of aryl methyl sites for hydroxylation is 2. The number of hydrogen-bond donors (Lipinski definition) is 2. The van der Waals surface area contributed by atoms with Gasteiger partial charge in [0.15, 0.2) is 0 Å². The van der Waals surface area contributed by atoms with Crippen molar-refractivity contribution in [1.82, 2.24) is 25.5 Å². The van der Waals surface area contributed by atoms with E-state index in [0.717, 1.165) is 41.4 Å². The maximum atomic E-state index is 4.60. The average molecular weight is 257 g/mol. The Hall–Kier alpha value is -1.75. The number of hydrogen-bond acceptors (Lipinski definition) is 4. The average Bonchev–Trinajstić information content (AvgIpc) is 2.79. The summed E-state index contributed by atoms with van der Waals surface area (Å²) in [7, 11) is 0. The lowest BCUT2D eigenvalue weighted by Gasteiger charge is -2.23. The van der Waals surface area contributed by atoms with Gasteiger partial charge in [0.25, 0.3) is 0 Å². The minimum absolute atomic E-state index is 0.450. The fraction of sp³-hybridized carbons (Fsp3) is 0.500. The molecule has 0 unspecified atom stereocenters. The third-order valence-electron chi connectivity index (χ3n) is 3.78. The van der Waals surface area contributed by atoms with Crippen molar-refractivity contribution in [2.45, 2.75) is 32.6 Å². The third-order valence-corrected chi connectivity index (χ3v) is 3.78. The lowest BCUT2D eigenvalue weighted by atomic mass is 9.92. The highest BCUT2D eigenvalue weighted by Gasteiger charge is 2.23. The molecule has 0 spiro atoms. The predicted octanol–water partition coefficient (Wildman–Crippen LogP) is 1.95. The van der Waals surface area contributed by atoms with E-state index in [2.05, 4.69) is 25.5 Å². The Kier molecular flexibility index (Phi) is 3.29. The summed E-state index contributed by atoms with van der Waals surface area (Å²) in [6.07, 6.45) is 5.93. The Balaban J connectivity index is 2.06. The van der Waals surface area contributed by atoms with Crippen LogP contribution in [0.1, 0.15) is 35.8 Å². The van der Waals surface area contributed by atoms with E-state index in [0.29, 0.717) is 5.92 Å². The van der Waals surface area contributed by atoms with Gasteiger partial charge in [0, 0.05) is 36.1 Å². The van der Waals surface area contributed by atoms with Crippen LogP contribution in [-0.4, -0.2) is 33.3 Å². The standard InChI is InChI=1S/C14H19N5/c1-9-12(10(2)19-18-9)14-13(16-6-7-17-14)11-4-3-5-15-8-11/h6-7,11,15H,3-5,8H2,1-2H3,(H,18,19)/t11-/m0/s1. The predicted molar refractivity (Wildman–Crippen MR) is 73.9 cm³/mol. The summed E-state index contributed by atoms with van der Waals surface area (Å²) in [4.78, 5) is 9.16. The van der Waals surface area contributed by atoms with E-state index in [4.69, 9.17) is 0 Å². The number of rotatable bonds is 2. The number of H-pyrrole nitrogens is 1. The molecule has 3 rings (SSSR count). The summed E-state index contributed by atoms with van der Waals surface area (Å²) in [5, 5.41) is 10.7. The quantitative estimate of drug-likeness (QED) is 0.863. The Morgan fingerprint density at radius 1 is 1.21 bits per heavy atom. The molecule has 5 heteroatoms. The molecule has 1 aliphatic heterocycles. The van der Waals surface area contributed by atoms with Gasteiger partial charge < -0.3 is 5.32 Å². The van der Waals surface area contributed by atoms with E-state index in [-0.39, 0.29) is 0 Å². The largest absolute Gasteiger partial charge is 0.316 e. The van der Waals surface area contributed by atoms with E-state index in [9.17, 15) is 0 Å². The van der Waals surface area contributed by atoms with Crippen LogP contribution in [0.5, 0.6) is 0 Å². The number of nitrogens with zero attached hydrogens (tertiary/aromatic N) is 3. The summed E-state index contributed by atoms with van der Waals surface area (Å²) >= 11 is 0. The van der Waals surface area contributed by atoms with Crippen molar-refractivity contribution < 1.29 is 0 Å². The van der Waals surface area contributed by atoms with Gasteiger partial charge in [0.1, 0.15) is 0 Å². The van der Waals surface area contributed by atoms with Gasteiger partial charge >= 0.3 is 0 Å². The molecule has 0 bridgehead atoms. The number of aromatic amines is 1. The molecule has 0 aliphatic carbocycles. The normalized spacial score (nSPS) is 19.6. The molecule has 2 N–H and O–H groups in total. The van der Waals surface area contributed by atoms with Crippen LogP contribution in [0.25, 0.3) is 11.3 Å². The van der Waals surface area contributed by atoms with Crippen molar-refractivity contribution in [3.8, 4) is 11.3 Å². The van der Waals surface area contributed by atoms with E-state index < -0.39 is 0 Å². The zero-order valence-corrected chi connectivity index (χ0v) is 11.4. The molecule has 0 amide bonds. The summed E-state index contributed by atoms with van der Waals surface area (Å²) in [5.74, 6) is 0.450. The van der Waals surface area contributed by atoms with Crippen LogP contribution in [0.4, 0.5) is 0 Å². The van der Waals surface area contributed by atoms with Gasteiger partial charge in [-0.3, -0.25) is 15.1 Å². The van der Waals surface area contributed by atoms with Crippen molar-refractivity contribution >= 4 is 0 Å². The van der Waals surface area contributed by atoms with Crippen molar-refractivity contribution in [2.24, 2.45) is 0 Å². The SMILES string of the molecule is Cc1n[nH]c(C)c1-c1nccnc1[C@H]1CCCNC1. The first-order chi connectivity index (χ1) is 9.27. The zero-order valence-electron chi connectivity index (χ0n) is 11.4. The van der Waals surface area contributed by atoms with Crippen LogP contribution in [0.15, 0.2) is 12.4 Å². The molecular weight excluding hydrogens is 238 g/mol. The molecule has 1 atom stereocenters. The highest BCUT2D eigenvalue weighted by atomic mass is 15.1. The third kappa shape index (κ3) is 2.26. The lowest BCUT2D eigenvalue weighted by Crippen LogP contribution is -2.29. The first-order valence-corrected chi connectivity index (χ1v) is 6.81. The van der Waals surface area contributed by atoms with Gasteiger partial charge in [-0.1, -0.05) is 0 Å². The summed E-state index contributed by atoms with van der Waals surface area (Å²) in [5.41, 5.74) is 5.24. The molecule has 5 nitrogen and oxygen atoms in total. The second kappa shape index (κ2) is 5.09. The molecule has 1 fully saturated rings. The second-order valence-corrected chi connectivity index (χ2v) is 5.14. The topological polar surface area (TPSA) is 66.5 Å². The molecule has 19 heavy (non-hydrogen) atoms. The van der Waals surface area contributed by atoms with E-state index in [1.54, 1.807) is 12.4 Å². The van der Waals surface area contributed by atoms with Crippen LogP contribution >= 0.6 is 0 Å². The van der Waals surface area contributed by atoms with Crippen LogP contribution in [0.3, 0.4) is 0 Å². The van der Waals surface area contributed by atoms with Gasteiger partial charge in [-0.05, 0) is 33.2 Å². The Morgan fingerprint density at radius 2 is 2.05 bits per heavy atom. The van der Waals surface area contributed by atoms with Gasteiger partial charge in [-0.2, -0.15) is 5.10 Å². The highest BCUT2D eigenvalue weighted by molar-refractivity contribution is 5.67. The monoisotopic (exact) mass is 257 g/mol. The molecule has 100 valence electrons. The summed E-state index contributed by atoms with van der Waals surface area (Å²) < 4.78 is 0. The van der Waals surface area contributed by atoms with E-state index in [1.165, 1.54) is 12.8 Å². The molecular formula is C14H19N5. The molecule has 0 radical (unpaired) electrons. The van der Waals surface area contributed by atoms with Crippen molar-refractivity contribution in [3.05, 3.63) is 29.5 Å². The molecule has 2 aromatic rings. The second-order valence-electron chi connectivity index (χ2n) is 5.14. The van der Waals surface area contributed by atoms with Crippen molar-refractivity contribution in [1.29, 1.82) is 0 Å². The maximum Gasteiger partial charge on any atom is 0.0957 e. The van der Waals surface area contributed by atoms with Gasteiger partial charge in [0.2, 0.25) is 0 Å². The van der Waals surface area contributed by atoms with E-state index >= 15 is 0 Å². The zero-order chi connectivity index (χ0) is 13.2. The minimum atomic E-state index is 0.450. The van der Waals surface area contributed by atoms with Gasteiger partial charge in [0.05, 0.1) is 17.1 Å². The lowest BCUT2D eigenvalue weighted by molar-refractivity contribution is 0.454. The number of aromatic nitrogens is 4. The smallest absolute Gasteiger partial charge is 0.0957 e. The van der Waals surface area contributed by atoms with Crippen molar-refractivity contribution in [3.63, 3.8) is 0 Å². The fourth-order valence-electron chi connectivity index (χ4n) is 2.83. The summed E-state index contributed by atoms with van der Waals surface area (Å²) in [6, 6.07) is 0. The van der Waals surface area contributed by atoms with Crippen LogP contribution in [0.2, 0.25) is 0 Å². The Morgan fingerprint density at radius 3 is 2.74 bits per heavy atom. The molecule has 3 heterocycles. The summed E-state index contributed by atoms with van der Waals surface area (Å²) in [6.45, 7) is 6.14. The van der Waals surface area contributed by atoms with Gasteiger partial charge in [-0.25, -0.2) is 0 Å².